The normalized spacial score (nSPS) is 12.4. The Kier molecular flexibility index (Phi) is 19.0. The molecular formula is C56H68N4O4. The molecule has 0 aromatic heterocycles. The van der Waals surface area contributed by atoms with Gasteiger partial charge in [-0.2, -0.15) is 0 Å². The van der Waals surface area contributed by atoms with E-state index >= 15 is 0 Å². The molecule has 0 spiro atoms. The highest BCUT2D eigenvalue weighted by atomic mass is 16.5. The number of rotatable bonds is 19. The zero-order valence-electron chi connectivity index (χ0n) is 39.1. The number of amides is 2. The summed E-state index contributed by atoms with van der Waals surface area (Å²) in [4.78, 5) is 31.7. The van der Waals surface area contributed by atoms with Crippen molar-refractivity contribution in [3.63, 3.8) is 0 Å². The summed E-state index contributed by atoms with van der Waals surface area (Å²) in [5.74, 6) is 0.0227. The van der Waals surface area contributed by atoms with Gasteiger partial charge >= 0.3 is 0 Å². The lowest BCUT2D eigenvalue weighted by molar-refractivity contribution is -0.121. The molecule has 0 saturated carbocycles. The Bertz CT molecular complexity index is 2350. The molecule has 8 heteroatoms. The number of carbonyl (C=O) groups is 2. The second-order valence-corrected chi connectivity index (χ2v) is 16.9. The molecule has 6 rings (SSSR count). The van der Waals surface area contributed by atoms with Crippen molar-refractivity contribution in [1.29, 1.82) is 0 Å². The monoisotopic (exact) mass is 861 g/mol. The van der Waals surface area contributed by atoms with Crippen molar-refractivity contribution in [2.24, 2.45) is 0 Å². The third-order valence-corrected chi connectivity index (χ3v) is 11.7. The third-order valence-electron chi connectivity index (χ3n) is 11.7. The molecule has 3 atom stereocenters. The molecule has 0 saturated heterocycles. The summed E-state index contributed by atoms with van der Waals surface area (Å²) in [6.45, 7) is 16.6. The van der Waals surface area contributed by atoms with E-state index in [0.717, 1.165) is 40.9 Å². The van der Waals surface area contributed by atoms with Gasteiger partial charge in [-0.25, -0.2) is 0 Å². The molecule has 0 radical (unpaired) electrons. The second-order valence-electron chi connectivity index (χ2n) is 16.9. The molecule has 8 nitrogen and oxygen atoms in total. The van der Waals surface area contributed by atoms with Gasteiger partial charge in [0, 0.05) is 44.2 Å². The zero-order chi connectivity index (χ0) is 46.0. The molecule has 0 aliphatic heterocycles. The number of benzene rings is 6. The van der Waals surface area contributed by atoms with E-state index in [2.05, 4.69) is 131 Å². The van der Waals surface area contributed by atoms with Gasteiger partial charge in [-0.3, -0.25) is 20.2 Å². The first kappa shape index (κ1) is 49.1. The highest BCUT2D eigenvalue weighted by Crippen LogP contribution is 2.27. The quantitative estimate of drug-likeness (QED) is 0.0751. The number of nitrogens with zero attached hydrogens (tertiary/aromatic N) is 2. The summed E-state index contributed by atoms with van der Waals surface area (Å²) in [6, 6.07) is 48.1. The standard InChI is InChI=1S/C29H36N2O2.C27H32N2O2/c1-21-11-14-25(15-12-21)17-18-31(27-16-13-22(2)23(3)19-27)29(32)28(30-24(4)20-33-5)26-9-7-6-8-10-26;1-20-9-12-23(13-10-20)15-17-29(25-14-11-21(2)22(3)19-25)27(31)26(28-16-18-30)24-7-5-4-6-8-24/h6-16,19,24,28,30H,17-18,20H2,1-5H3;4-14,19,26,28,30H,15-18H2,1-3H3. The Morgan fingerprint density at radius 1 is 0.562 bits per heavy atom. The van der Waals surface area contributed by atoms with Gasteiger partial charge in [0.1, 0.15) is 12.1 Å². The summed E-state index contributed by atoms with van der Waals surface area (Å²) in [7, 11) is 1.68. The van der Waals surface area contributed by atoms with Crippen LogP contribution in [0.25, 0.3) is 0 Å². The first-order chi connectivity index (χ1) is 30.9. The minimum atomic E-state index is -0.520. The van der Waals surface area contributed by atoms with E-state index in [-0.39, 0.29) is 24.5 Å². The Morgan fingerprint density at radius 2 is 0.984 bits per heavy atom. The molecule has 6 aromatic carbocycles. The lowest BCUT2D eigenvalue weighted by Crippen LogP contribution is -2.45. The number of aryl methyl sites for hydroxylation is 6. The van der Waals surface area contributed by atoms with E-state index in [0.29, 0.717) is 26.2 Å². The Morgan fingerprint density at radius 3 is 1.39 bits per heavy atom. The maximum atomic E-state index is 14.1. The molecule has 0 aliphatic carbocycles. The first-order valence-electron chi connectivity index (χ1n) is 22.5. The van der Waals surface area contributed by atoms with E-state index < -0.39 is 12.1 Å². The number of ether oxygens (including phenoxy) is 1. The van der Waals surface area contributed by atoms with Gasteiger partial charge in [-0.05, 0) is 130 Å². The summed E-state index contributed by atoms with van der Waals surface area (Å²) in [5.41, 5.74) is 13.3. The summed E-state index contributed by atoms with van der Waals surface area (Å²) in [6.07, 6.45) is 1.55. The number of methoxy groups -OCH3 is 1. The SMILES string of the molecule is COCC(C)NC(C(=O)N(CCc1ccc(C)cc1)c1ccc(C)c(C)c1)c1ccccc1.Cc1ccc(CCN(C(=O)C(NCCO)c2ccccc2)c2ccc(C)c(C)c2)cc1. The van der Waals surface area contributed by atoms with Gasteiger partial charge < -0.3 is 19.6 Å². The summed E-state index contributed by atoms with van der Waals surface area (Å²) >= 11 is 0. The predicted octanol–water partition coefficient (Wildman–Crippen LogP) is 10.1. The van der Waals surface area contributed by atoms with Crippen LogP contribution in [0, 0.1) is 41.5 Å². The van der Waals surface area contributed by atoms with Crippen molar-refractivity contribution >= 4 is 23.2 Å². The van der Waals surface area contributed by atoms with Crippen LogP contribution in [0.5, 0.6) is 0 Å². The highest BCUT2D eigenvalue weighted by molar-refractivity contribution is 5.99. The van der Waals surface area contributed by atoms with Crippen molar-refractivity contribution in [3.05, 3.63) is 201 Å². The number of nitrogens with one attached hydrogen (secondary N) is 2. The lowest BCUT2D eigenvalue weighted by Gasteiger charge is -2.30. The average molecular weight is 861 g/mol. The smallest absolute Gasteiger partial charge is 0.248 e. The minimum Gasteiger partial charge on any atom is -0.395 e. The molecule has 0 fully saturated rings. The third kappa shape index (κ3) is 14.3. The van der Waals surface area contributed by atoms with Gasteiger partial charge in [-0.15, -0.1) is 0 Å². The molecule has 336 valence electrons. The van der Waals surface area contributed by atoms with Crippen LogP contribution in [0.2, 0.25) is 0 Å². The summed E-state index contributed by atoms with van der Waals surface area (Å²) < 4.78 is 5.32. The maximum Gasteiger partial charge on any atom is 0.248 e. The van der Waals surface area contributed by atoms with Crippen LogP contribution < -0.4 is 20.4 Å². The molecule has 3 unspecified atom stereocenters. The van der Waals surface area contributed by atoms with E-state index in [9.17, 15) is 14.7 Å². The molecule has 0 heterocycles. The fourth-order valence-corrected chi connectivity index (χ4v) is 7.56. The topological polar surface area (TPSA) is 94.1 Å². The minimum absolute atomic E-state index is 0.0185. The molecule has 64 heavy (non-hydrogen) atoms. The van der Waals surface area contributed by atoms with Crippen molar-refractivity contribution in [2.45, 2.75) is 79.4 Å². The highest BCUT2D eigenvalue weighted by Gasteiger charge is 2.29. The van der Waals surface area contributed by atoms with Gasteiger partial charge in [0.2, 0.25) is 11.8 Å². The van der Waals surface area contributed by atoms with Crippen molar-refractivity contribution in [2.75, 3.05) is 49.8 Å². The number of anilines is 2. The number of carbonyl (C=O) groups excluding carboxylic acids is 2. The van der Waals surface area contributed by atoms with E-state index in [1.807, 2.05) is 83.5 Å². The second kappa shape index (κ2) is 24.8. The Balaban J connectivity index is 0.000000241. The molecule has 2 amide bonds. The van der Waals surface area contributed by atoms with Crippen LogP contribution in [0.4, 0.5) is 11.4 Å². The van der Waals surface area contributed by atoms with Gasteiger partial charge in [0.15, 0.2) is 0 Å². The van der Waals surface area contributed by atoms with Crippen molar-refractivity contribution in [1.82, 2.24) is 10.6 Å². The van der Waals surface area contributed by atoms with Crippen LogP contribution in [0.3, 0.4) is 0 Å². The number of hydrogen-bond donors (Lipinski definition) is 3. The van der Waals surface area contributed by atoms with Gasteiger partial charge in [0.05, 0.1) is 13.2 Å². The number of aliphatic hydroxyl groups excluding tert-OH is 1. The largest absolute Gasteiger partial charge is 0.395 e. The van der Waals surface area contributed by atoms with Crippen LogP contribution in [-0.4, -0.2) is 62.9 Å². The van der Waals surface area contributed by atoms with Gasteiger partial charge in [0.25, 0.3) is 0 Å². The van der Waals surface area contributed by atoms with Crippen LogP contribution in [0.1, 0.15) is 74.6 Å². The summed E-state index contributed by atoms with van der Waals surface area (Å²) in [5, 5.41) is 16.1. The molecule has 0 bridgehead atoms. The van der Waals surface area contributed by atoms with Gasteiger partial charge in [-0.1, -0.05) is 132 Å². The van der Waals surface area contributed by atoms with E-state index in [4.69, 9.17) is 4.74 Å². The van der Waals surface area contributed by atoms with Crippen molar-refractivity contribution < 1.29 is 19.4 Å². The van der Waals surface area contributed by atoms with Crippen LogP contribution >= 0.6 is 0 Å². The zero-order valence-corrected chi connectivity index (χ0v) is 39.1. The molecule has 0 aliphatic rings. The van der Waals surface area contributed by atoms with E-state index in [1.54, 1.807) is 7.11 Å². The molecule has 6 aromatic rings. The number of aliphatic hydroxyl groups is 1. The van der Waals surface area contributed by atoms with Crippen LogP contribution in [0.15, 0.2) is 146 Å². The first-order valence-corrected chi connectivity index (χ1v) is 22.5. The average Bonchev–Trinajstić information content (AvgIpc) is 3.30. The maximum absolute atomic E-state index is 14.1. The fraction of sp³-hybridized carbons (Fsp3) is 0.321. The predicted molar refractivity (Wildman–Crippen MR) is 264 cm³/mol. The molecule has 3 N–H and O–H groups in total. The Labute approximate surface area is 382 Å². The number of hydrogen-bond acceptors (Lipinski definition) is 6. The molecular weight excluding hydrogens is 793 g/mol. The van der Waals surface area contributed by atoms with Crippen LogP contribution in [-0.2, 0) is 27.2 Å². The van der Waals surface area contributed by atoms with Crippen molar-refractivity contribution in [3.8, 4) is 0 Å². The fourth-order valence-electron chi connectivity index (χ4n) is 7.56. The van der Waals surface area contributed by atoms with E-state index in [1.165, 1.54) is 38.9 Å². The lowest BCUT2D eigenvalue weighted by atomic mass is 10.0. The Hall–Kier alpha value is -5.90.